The van der Waals surface area contributed by atoms with Crippen molar-refractivity contribution in [3.05, 3.63) is 54.4 Å². The van der Waals surface area contributed by atoms with E-state index in [2.05, 4.69) is 15.6 Å². The maximum absolute atomic E-state index is 12.6. The average molecular weight is 425 g/mol. The quantitative estimate of drug-likeness (QED) is 0.689. The van der Waals surface area contributed by atoms with E-state index in [1.165, 1.54) is 0 Å². The van der Waals surface area contributed by atoms with Gasteiger partial charge in [-0.05, 0) is 56.2 Å². The Balaban J connectivity index is 0.00000196. The molecule has 1 fully saturated rings. The van der Waals surface area contributed by atoms with E-state index in [4.69, 9.17) is 5.73 Å². The first-order valence-corrected chi connectivity index (χ1v) is 8.87. The molecule has 0 radical (unpaired) electrons. The lowest BCUT2D eigenvalue weighted by atomic mass is 9.74. The Morgan fingerprint density at radius 3 is 2.39 bits per heavy atom. The van der Waals surface area contributed by atoms with Gasteiger partial charge in [0.25, 0.3) is 5.91 Å². The molecule has 1 aromatic heterocycles. The number of hydrogen-bond donors (Lipinski definition) is 3. The molecule has 28 heavy (non-hydrogen) atoms. The number of aromatic nitrogens is 1. The summed E-state index contributed by atoms with van der Waals surface area (Å²) < 4.78 is 0. The van der Waals surface area contributed by atoms with Crippen molar-refractivity contribution in [1.29, 1.82) is 0 Å². The standard InChI is InChI=1S/C20H24N4O2.2ClH/c1-20(21)11-3-2-6-17(20)19(26)23-15-9-7-14(8-10-15)18(25)24-16-5-4-12-22-13-16;;/h4-5,7-10,12-13,17H,2-3,6,11,21H2,1H3,(H,23,26)(H,24,25);2*1H. The van der Waals surface area contributed by atoms with E-state index in [-0.39, 0.29) is 42.5 Å². The largest absolute Gasteiger partial charge is 0.326 e. The van der Waals surface area contributed by atoms with Gasteiger partial charge in [-0.3, -0.25) is 14.6 Å². The van der Waals surface area contributed by atoms with Gasteiger partial charge in [0.1, 0.15) is 0 Å². The van der Waals surface area contributed by atoms with Crippen LogP contribution in [0.25, 0.3) is 0 Å². The summed E-state index contributed by atoms with van der Waals surface area (Å²) in [5, 5.41) is 5.70. The van der Waals surface area contributed by atoms with Crippen LogP contribution in [0.4, 0.5) is 11.4 Å². The molecular formula is C20H26Cl2N4O2. The number of carbonyl (C=O) groups excluding carboxylic acids is 2. The summed E-state index contributed by atoms with van der Waals surface area (Å²) in [6.45, 7) is 1.95. The number of nitrogens with zero attached hydrogens (tertiary/aromatic N) is 1. The van der Waals surface area contributed by atoms with Crippen LogP contribution in [-0.2, 0) is 4.79 Å². The van der Waals surface area contributed by atoms with Gasteiger partial charge in [0.05, 0.1) is 17.8 Å². The van der Waals surface area contributed by atoms with Gasteiger partial charge in [0, 0.05) is 23.0 Å². The Kier molecular flexibility index (Phi) is 8.88. The summed E-state index contributed by atoms with van der Waals surface area (Å²) in [5.74, 6) is -0.468. The summed E-state index contributed by atoms with van der Waals surface area (Å²) in [4.78, 5) is 28.8. The molecule has 2 amide bonds. The van der Waals surface area contributed by atoms with Crippen LogP contribution in [-0.4, -0.2) is 22.3 Å². The number of pyridine rings is 1. The SMILES string of the molecule is CC1(N)CCCCC1C(=O)Nc1ccc(C(=O)Nc2cccnc2)cc1.Cl.Cl. The van der Waals surface area contributed by atoms with Crippen molar-refractivity contribution in [2.45, 2.75) is 38.1 Å². The number of hydrogen-bond acceptors (Lipinski definition) is 4. The number of nitrogens with two attached hydrogens (primary N) is 1. The zero-order valence-corrected chi connectivity index (χ0v) is 17.3. The van der Waals surface area contributed by atoms with Crippen LogP contribution < -0.4 is 16.4 Å². The minimum absolute atomic E-state index is 0. The van der Waals surface area contributed by atoms with Gasteiger partial charge in [-0.1, -0.05) is 12.8 Å². The van der Waals surface area contributed by atoms with Crippen LogP contribution in [0.1, 0.15) is 43.0 Å². The van der Waals surface area contributed by atoms with Crippen LogP contribution >= 0.6 is 24.8 Å². The molecule has 2 unspecified atom stereocenters. The number of rotatable bonds is 4. The van der Waals surface area contributed by atoms with Crippen LogP contribution in [0.15, 0.2) is 48.8 Å². The summed E-state index contributed by atoms with van der Waals surface area (Å²) >= 11 is 0. The molecule has 0 saturated heterocycles. The maximum Gasteiger partial charge on any atom is 0.255 e. The van der Waals surface area contributed by atoms with Crippen LogP contribution in [0.5, 0.6) is 0 Å². The molecule has 3 rings (SSSR count). The second-order valence-electron chi connectivity index (χ2n) is 7.07. The van der Waals surface area contributed by atoms with E-state index in [1.807, 2.05) is 6.92 Å². The van der Waals surface area contributed by atoms with Crippen molar-refractivity contribution in [1.82, 2.24) is 4.98 Å². The summed E-state index contributed by atoms with van der Waals surface area (Å²) in [6.07, 6.45) is 6.99. The van der Waals surface area contributed by atoms with Gasteiger partial charge >= 0.3 is 0 Å². The molecule has 4 N–H and O–H groups in total. The molecule has 0 bridgehead atoms. The van der Waals surface area contributed by atoms with Crippen LogP contribution in [0.3, 0.4) is 0 Å². The van der Waals surface area contributed by atoms with Crippen molar-refractivity contribution in [3.8, 4) is 0 Å². The van der Waals surface area contributed by atoms with E-state index in [1.54, 1.807) is 48.8 Å². The fourth-order valence-corrected chi connectivity index (χ4v) is 3.36. The highest BCUT2D eigenvalue weighted by atomic mass is 35.5. The Labute approximate surface area is 177 Å². The number of carbonyl (C=O) groups is 2. The Morgan fingerprint density at radius 2 is 1.79 bits per heavy atom. The molecular weight excluding hydrogens is 399 g/mol. The average Bonchev–Trinajstić information content (AvgIpc) is 2.62. The van der Waals surface area contributed by atoms with Crippen LogP contribution in [0, 0.1) is 5.92 Å². The Hall–Kier alpha value is -2.15. The highest BCUT2D eigenvalue weighted by Crippen LogP contribution is 2.32. The first-order chi connectivity index (χ1) is 12.5. The van der Waals surface area contributed by atoms with Crippen LogP contribution in [0.2, 0.25) is 0 Å². The molecule has 8 heteroatoms. The summed E-state index contributed by atoms with van der Waals surface area (Å²) in [5.41, 5.74) is 7.63. The Morgan fingerprint density at radius 1 is 1.07 bits per heavy atom. The molecule has 0 aliphatic heterocycles. The molecule has 2 aromatic rings. The molecule has 1 aliphatic carbocycles. The van der Waals surface area contributed by atoms with Gasteiger partial charge in [0.15, 0.2) is 0 Å². The second kappa shape index (κ2) is 10.4. The van der Waals surface area contributed by atoms with Gasteiger partial charge in [-0.15, -0.1) is 24.8 Å². The lowest BCUT2D eigenvalue weighted by Gasteiger charge is -2.37. The normalized spacial score (nSPS) is 20.9. The van der Waals surface area contributed by atoms with Gasteiger partial charge in [0.2, 0.25) is 5.91 Å². The van der Waals surface area contributed by atoms with Crippen molar-refractivity contribution in [3.63, 3.8) is 0 Å². The number of halogens is 2. The molecule has 2 atom stereocenters. The predicted octanol–water partition coefficient (Wildman–Crippen LogP) is 4.02. The number of benzene rings is 1. The molecule has 152 valence electrons. The minimum Gasteiger partial charge on any atom is -0.326 e. The highest BCUT2D eigenvalue weighted by molar-refractivity contribution is 6.04. The first-order valence-electron chi connectivity index (χ1n) is 8.87. The zero-order chi connectivity index (χ0) is 18.6. The third kappa shape index (κ3) is 5.92. The van der Waals surface area contributed by atoms with Gasteiger partial charge in [-0.2, -0.15) is 0 Å². The van der Waals surface area contributed by atoms with Crippen molar-refractivity contribution >= 4 is 48.0 Å². The van der Waals surface area contributed by atoms with Gasteiger partial charge < -0.3 is 16.4 Å². The lowest BCUT2D eigenvalue weighted by Crippen LogP contribution is -2.51. The summed E-state index contributed by atoms with van der Waals surface area (Å²) in [6, 6.07) is 10.4. The lowest BCUT2D eigenvalue weighted by molar-refractivity contribution is -0.122. The van der Waals surface area contributed by atoms with Crippen molar-refractivity contribution in [2.24, 2.45) is 11.7 Å². The molecule has 1 saturated carbocycles. The molecule has 0 spiro atoms. The highest BCUT2D eigenvalue weighted by Gasteiger charge is 2.37. The van der Waals surface area contributed by atoms with Crippen molar-refractivity contribution in [2.75, 3.05) is 10.6 Å². The molecule has 1 aliphatic rings. The molecule has 6 nitrogen and oxygen atoms in total. The van der Waals surface area contributed by atoms with E-state index in [9.17, 15) is 9.59 Å². The number of amides is 2. The fourth-order valence-electron chi connectivity index (χ4n) is 3.36. The Bertz CT molecular complexity index is 783. The maximum atomic E-state index is 12.6. The fraction of sp³-hybridized carbons (Fsp3) is 0.350. The predicted molar refractivity (Wildman–Crippen MR) is 116 cm³/mol. The van der Waals surface area contributed by atoms with E-state index in [0.717, 1.165) is 25.7 Å². The number of anilines is 2. The molecule has 1 heterocycles. The van der Waals surface area contributed by atoms with Gasteiger partial charge in [-0.25, -0.2) is 0 Å². The van der Waals surface area contributed by atoms with E-state index >= 15 is 0 Å². The first kappa shape index (κ1) is 23.9. The minimum atomic E-state index is -0.466. The smallest absolute Gasteiger partial charge is 0.255 e. The number of nitrogens with one attached hydrogen (secondary N) is 2. The summed E-state index contributed by atoms with van der Waals surface area (Å²) in [7, 11) is 0. The zero-order valence-electron chi connectivity index (χ0n) is 15.7. The second-order valence-corrected chi connectivity index (χ2v) is 7.07. The monoisotopic (exact) mass is 424 g/mol. The van der Waals surface area contributed by atoms with Crippen molar-refractivity contribution < 1.29 is 9.59 Å². The third-order valence-corrected chi connectivity index (χ3v) is 4.90. The molecule has 1 aromatic carbocycles. The van der Waals surface area contributed by atoms with E-state index < -0.39 is 5.54 Å². The third-order valence-electron chi connectivity index (χ3n) is 4.90. The van der Waals surface area contributed by atoms with E-state index in [0.29, 0.717) is 16.9 Å². The topological polar surface area (TPSA) is 97.1 Å².